The second kappa shape index (κ2) is 11.5. The first-order valence-corrected chi connectivity index (χ1v) is 9.27. The number of hydrogen-bond donors (Lipinski definition) is 1. The van der Waals surface area contributed by atoms with Crippen LogP contribution in [0.4, 0.5) is 0 Å². The Morgan fingerprint density at radius 3 is 2.44 bits per heavy atom. The number of hydrogen-bond acceptors (Lipinski definition) is 4. The van der Waals surface area contributed by atoms with E-state index in [1.807, 2.05) is 19.2 Å². The molecule has 0 aromatic heterocycles. The predicted molar refractivity (Wildman–Crippen MR) is 121 cm³/mol. The lowest BCUT2D eigenvalue weighted by Crippen LogP contribution is -2.39. The molecule has 1 aliphatic heterocycles. The fourth-order valence-electron chi connectivity index (χ4n) is 3.69. The van der Waals surface area contributed by atoms with Gasteiger partial charge in [0.2, 0.25) is 5.75 Å². The molecule has 154 valence electrons. The second-order valence-electron chi connectivity index (χ2n) is 7.12. The summed E-state index contributed by atoms with van der Waals surface area (Å²) in [7, 11) is 6.73. The third-order valence-electron chi connectivity index (χ3n) is 4.82. The molecule has 1 aromatic rings. The number of ether oxygens (including phenoxy) is 3. The van der Waals surface area contributed by atoms with Crippen LogP contribution in [0, 0.1) is 11.8 Å². The van der Waals surface area contributed by atoms with Gasteiger partial charge in [-0.05, 0) is 36.8 Å². The second-order valence-corrected chi connectivity index (χ2v) is 7.12. The molecule has 1 aromatic carbocycles. The molecule has 2 rings (SSSR count). The van der Waals surface area contributed by atoms with Crippen LogP contribution in [0.3, 0.4) is 0 Å². The zero-order chi connectivity index (χ0) is 19.1. The number of nitrogens with one attached hydrogen (secondary N) is 1. The Bertz CT molecular complexity index is 623. The summed E-state index contributed by atoms with van der Waals surface area (Å²) in [5.74, 6) is 4.40. The van der Waals surface area contributed by atoms with Crippen molar-refractivity contribution in [1.29, 1.82) is 0 Å². The molecular formula is C20H34IN3O3. The minimum absolute atomic E-state index is 0. The molecule has 1 N–H and O–H groups in total. The van der Waals surface area contributed by atoms with Gasteiger partial charge in [0.15, 0.2) is 17.5 Å². The summed E-state index contributed by atoms with van der Waals surface area (Å²) in [6.45, 7) is 7.32. The number of methoxy groups -OCH3 is 3. The first-order valence-electron chi connectivity index (χ1n) is 9.27. The first kappa shape index (κ1) is 23.7. The fraction of sp³-hybridized carbons (Fsp3) is 0.650. The number of likely N-dealkylation sites (tertiary alicyclic amines) is 1. The van der Waals surface area contributed by atoms with Crippen LogP contribution in [0.25, 0.3) is 0 Å². The summed E-state index contributed by atoms with van der Waals surface area (Å²) in [6.07, 6.45) is 2.51. The van der Waals surface area contributed by atoms with Crippen LogP contribution >= 0.6 is 24.0 Å². The van der Waals surface area contributed by atoms with Gasteiger partial charge in [-0.25, -0.2) is 0 Å². The minimum atomic E-state index is 0. The van der Waals surface area contributed by atoms with Gasteiger partial charge in [-0.3, -0.25) is 4.99 Å². The van der Waals surface area contributed by atoms with Crippen LogP contribution in [0.1, 0.15) is 32.3 Å². The van der Waals surface area contributed by atoms with Crippen molar-refractivity contribution in [2.75, 3.05) is 41.5 Å². The van der Waals surface area contributed by atoms with Gasteiger partial charge in [0.1, 0.15) is 0 Å². The summed E-state index contributed by atoms with van der Waals surface area (Å²) in [5.41, 5.74) is 1.00. The van der Waals surface area contributed by atoms with Crippen molar-refractivity contribution >= 4 is 29.9 Å². The lowest BCUT2D eigenvalue weighted by molar-refractivity contribution is 0.322. The highest BCUT2D eigenvalue weighted by molar-refractivity contribution is 14.0. The van der Waals surface area contributed by atoms with Crippen LogP contribution in [0.2, 0.25) is 0 Å². The van der Waals surface area contributed by atoms with Crippen molar-refractivity contribution in [3.63, 3.8) is 0 Å². The number of guanidine groups is 1. The molecule has 0 radical (unpaired) electrons. The molecule has 1 atom stereocenters. The average molecular weight is 491 g/mol. The van der Waals surface area contributed by atoms with Crippen molar-refractivity contribution in [2.45, 2.75) is 33.2 Å². The highest BCUT2D eigenvalue weighted by atomic mass is 127. The summed E-state index contributed by atoms with van der Waals surface area (Å²) in [5, 5.41) is 3.46. The summed E-state index contributed by atoms with van der Waals surface area (Å²) >= 11 is 0. The van der Waals surface area contributed by atoms with Gasteiger partial charge in [0, 0.05) is 32.2 Å². The van der Waals surface area contributed by atoms with E-state index in [1.54, 1.807) is 21.3 Å². The monoisotopic (exact) mass is 491 g/mol. The van der Waals surface area contributed by atoms with Crippen molar-refractivity contribution in [3.05, 3.63) is 17.7 Å². The number of halogens is 1. The zero-order valence-corrected chi connectivity index (χ0v) is 19.7. The normalized spacial score (nSPS) is 16.9. The molecule has 0 aliphatic carbocycles. The van der Waals surface area contributed by atoms with Crippen LogP contribution in [0.5, 0.6) is 17.2 Å². The third kappa shape index (κ3) is 6.05. The molecule has 0 amide bonds. The van der Waals surface area contributed by atoms with E-state index in [1.165, 1.54) is 12.8 Å². The van der Waals surface area contributed by atoms with Gasteiger partial charge >= 0.3 is 0 Å². The Hall–Kier alpha value is -1.38. The van der Waals surface area contributed by atoms with Crippen LogP contribution in [0.15, 0.2) is 17.1 Å². The van der Waals surface area contributed by atoms with E-state index in [2.05, 4.69) is 29.1 Å². The van der Waals surface area contributed by atoms with E-state index in [-0.39, 0.29) is 24.0 Å². The number of nitrogens with zero attached hydrogens (tertiary/aromatic N) is 2. The smallest absolute Gasteiger partial charge is 0.203 e. The highest BCUT2D eigenvalue weighted by Crippen LogP contribution is 2.39. The van der Waals surface area contributed by atoms with Crippen LogP contribution < -0.4 is 19.5 Å². The highest BCUT2D eigenvalue weighted by Gasteiger charge is 2.25. The van der Waals surface area contributed by atoms with Crippen LogP contribution in [-0.4, -0.2) is 52.3 Å². The topological polar surface area (TPSA) is 55.3 Å². The number of benzene rings is 1. The van der Waals surface area contributed by atoms with Crippen molar-refractivity contribution < 1.29 is 14.2 Å². The molecular weight excluding hydrogens is 457 g/mol. The molecule has 6 nitrogen and oxygen atoms in total. The van der Waals surface area contributed by atoms with E-state index in [4.69, 9.17) is 14.2 Å². The minimum Gasteiger partial charge on any atom is -0.493 e. The maximum absolute atomic E-state index is 5.56. The van der Waals surface area contributed by atoms with Gasteiger partial charge in [0.05, 0.1) is 21.3 Å². The molecule has 27 heavy (non-hydrogen) atoms. The lowest BCUT2D eigenvalue weighted by Gasteiger charge is -2.23. The van der Waals surface area contributed by atoms with Gasteiger partial charge < -0.3 is 24.4 Å². The summed E-state index contributed by atoms with van der Waals surface area (Å²) in [4.78, 5) is 6.81. The Morgan fingerprint density at radius 2 is 1.89 bits per heavy atom. The molecule has 0 saturated carbocycles. The summed E-state index contributed by atoms with van der Waals surface area (Å²) in [6, 6.07) is 3.89. The molecule has 0 spiro atoms. The van der Waals surface area contributed by atoms with E-state index in [0.29, 0.717) is 23.8 Å². The van der Waals surface area contributed by atoms with Gasteiger partial charge in [-0.1, -0.05) is 13.8 Å². The van der Waals surface area contributed by atoms with Gasteiger partial charge in [-0.15, -0.1) is 24.0 Å². The van der Waals surface area contributed by atoms with Gasteiger partial charge in [-0.2, -0.15) is 0 Å². The van der Waals surface area contributed by atoms with E-state index in [9.17, 15) is 0 Å². The average Bonchev–Trinajstić information content (AvgIpc) is 3.08. The molecule has 0 bridgehead atoms. The largest absolute Gasteiger partial charge is 0.493 e. The van der Waals surface area contributed by atoms with Crippen molar-refractivity contribution in [1.82, 2.24) is 10.2 Å². The fourth-order valence-corrected chi connectivity index (χ4v) is 3.69. The Labute approximate surface area is 180 Å². The van der Waals surface area contributed by atoms with E-state index < -0.39 is 0 Å². The number of aliphatic imine (C=N–C) groups is 1. The quantitative estimate of drug-likeness (QED) is 0.358. The molecule has 1 unspecified atom stereocenters. The SMILES string of the molecule is CN=C(NCc1ccc(OC)c(OC)c1OC)N1CCC(CC(C)C)C1.I. The standard InChI is InChI=1S/C20H33N3O3.HI/c1-14(2)11-15-9-10-23(13-15)20(21-3)22-12-16-7-8-17(24-4)19(26-6)18(16)25-5;/h7-8,14-15H,9-13H2,1-6H3,(H,21,22);1H. The Kier molecular flexibility index (Phi) is 10.0. The maximum Gasteiger partial charge on any atom is 0.203 e. The molecule has 7 heteroatoms. The van der Waals surface area contributed by atoms with Crippen molar-refractivity contribution in [2.24, 2.45) is 16.8 Å². The maximum atomic E-state index is 5.56. The summed E-state index contributed by atoms with van der Waals surface area (Å²) < 4.78 is 16.4. The Balaban J connectivity index is 0.00000364. The number of rotatable bonds is 7. The molecule has 1 saturated heterocycles. The first-order chi connectivity index (χ1) is 12.5. The molecule has 1 fully saturated rings. The van der Waals surface area contributed by atoms with Crippen LogP contribution in [-0.2, 0) is 6.54 Å². The zero-order valence-electron chi connectivity index (χ0n) is 17.4. The third-order valence-corrected chi connectivity index (χ3v) is 4.82. The lowest BCUT2D eigenvalue weighted by atomic mass is 9.97. The molecule has 1 heterocycles. The van der Waals surface area contributed by atoms with E-state index in [0.717, 1.165) is 36.4 Å². The van der Waals surface area contributed by atoms with Crippen molar-refractivity contribution in [3.8, 4) is 17.2 Å². The van der Waals surface area contributed by atoms with E-state index >= 15 is 0 Å². The molecule has 1 aliphatic rings. The van der Waals surface area contributed by atoms with Gasteiger partial charge in [0.25, 0.3) is 0 Å². The predicted octanol–water partition coefficient (Wildman–Crippen LogP) is 3.77. The Morgan fingerprint density at radius 1 is 1.19 bits per heavy atom.